The van der Waals surface area contributed by atoms with E-state index in [0.717, 1.165) is 11.3 Å². The second-order valence-corrected chi connectivity index (χ2v) is 4.76. The summed E-state index contributed by atoms with van der Waals surface area (Å²) >= 11 is 0. The molecule has 112 valence electrons. The van der Waals surface area contributed by atoms with Crippen LogP contribution in [-0.2, 0) is 4.79 Å². The minimum atomic E-state index is -0.194. The monoisotopic (exact) mass is 297 g/mol. The van der Waals surface area contributed by atoms with Crippen molar-refractivity contribution in [3.05, 3.63) is 42.0 Å². The number of aryl methyl sites for hydroxylation is 1. The van der Waals surface area contributed by atoms with Gasteiger partial charge in [-0.15, -0.1) is 0 Å². The number of pyridine rings is 1. The Morgan fingerprint density at radius 3 is 2.91 bits per heavy atom. The molecule has 2 N–H and O–H groups in total. The molecule has 0 bridgehead atoms. The summed E-state index contributed by atoms with van der Waals surface area (Å²) in [6.45, 7) is 3.90. The predicted octanol–water partition coefficient (Wildman–Crippen LogP) is 1.19. The maximum atomic E-state index is 12.0. The van der Waals surface area contributed by atoms with Crippen molar-refractivity contribution in [1.29, 1.82) is 0 Å². The van der Waals surface area contributed by atoms with E-state index in [-0.39, 0.29) is 12.5 Å². The average Bonchev–Trinajstić information content (AvgIpc) is 2.96. The first-order valence-corrected chi connectivity index (χ1v) is 6.77. The van der Waals surface area contributed by atoms with Gasteiger partial charge in [-0.2, -0.15) is 14.6 Å². The van der Waals surface area contributed by atoms with E-state index in [4.69, 9.17) is 0 Å². The predicted molar refractivity (Wildman–Crippen MR) is 81.6 cm³/mol. The number of nitrogens with one attached hydrogen (secondary N) is 2. The SMILES string of the molecule is Cc1nc2ncnn2c(NCC(=O)Nc2ccccn2)c1C. The van der Waals surface area contributed by atoms with Crippen LogP contribution in [0, 0.1) is 13.8 Å². The highest BCUT2D eigenvalue weighted by molar-refractivity contribution is 5.92. The molecule has 0 unspecified atom stereocenters. The van der Waals surface area contributed by atoms with Gasteiger partial charge in [0.05, 0.1) is 6.54 Å². The Morgan fingerprint density at radius 1 is 1.27 bits per heavy atom. The molecule has 8 nitrogen and oxygen atoms in total. The van der Waals surface area contributed by atoms with Gasteiger partial charge in [-0.25, -0.2) is 9.97 Å². The molecule has 0 aliphatic heterocycles. The van der Waals surface area contributed by atoms with Gasteiger partial charge in [0.2, 0.25) is 5.91 Å². The summed E-state index contributed by atoms with van der Waals surface area (Å²) in [6.07, 6.45) is 3.05. The number of carbonyl (C=O) groups is 1. The molecule has 0 saturated heterocycles. The Bertz CT molecular complexity index is 813. The third-order valence-corrected chi connectivity index (χ3v) is 3.26. The van der Waals surface area contributed by atoms with Crippen molar-refractivity contribution in [2.24, 2.45) is 0 Å². The zero-order chi connectivity index (χ0) is 15.5. The molecule has 0 spiro atoms. The summed E-state index contributed by atoms with van der Waals surface area (Å²) in [5.41, 5.74) is 1.76. The van der Waals surface area contributed by atoms with Gasteiger partial charge in [-0.1, -0.05) is 6.07 Å². The molecule has 0 atom stereocenters. The van der Waals surface area contributed by atoms with E-state index >= 15 is 0 Å². The molecule has 0 aliphatic rings. The maximum Gasteiger partial charge on any atom is 0.254 e. The van der Waals surface area contributed by atoms with Crippen molar-refractivity contribution in [3.8, 4) is 0 Å². The first kappa shape index (κ1) is 13.9. The lowest BCUT2D eigenvalue weighted by atomic mass is 10.2. The molecule has 8 heteroatoms. The van der Waals surface area contributed by atoms with Crippen LogP contribution >= 0.6 is 0 Å². The number of aromatic nitrogens is 5. The Morgan fingerprint density at radius 2 is 2.14 bits per heavy atom. The smallest absolute Gasteiger partial charge is 0.254 e. The number of carbonyl (C=O) groups excluding carboxylic acids is 1. The highest BCUT2D eigenvalue weighted by Gasteiger charge is 2.12. The second-order valence-electron chi connectivity index (χ2n) is 4.76. The van der Waals surface area contributed by atoms with Gasteiger partial charge < -0.3 is 10.6 Å². The lowest BCUT2D eigenvalue weighted by Crippen LogP contribution is -2.24. The third-order valence-electron chi connectivity index (χ3n) is 3.26. The number of amides is 1. The van der Waals surface area contributed by atoms with Gasteiger partial charge in [0.25, 0.3) is 5.78 Å². The van der Waals surface area contributed by atoms with Crippen LogP contribution in [-0.4, -0.2) is 37.0 Å². The molecule has 3 aromatic rings. The molecule has 0 fully saturated rings. The van der Waals surface area contributed by atoms with Crippen LogP contribution in [0.2, 0.25) is 0 Å². The van der Waals surface area contributed by atoms with Crippen molar-refractivity contribution < 1.29 is 4.79 Å². The summed E-state index contributed by atoms with van der Waals surface area (Å²) in [6, 6.07) is 5.33. The van der Waals surface area contributed by atoms with Crippen LogP contribution in [0.4, 0.5) is 11.6 Å². The Hall–Kier alpha value is -3.03. The Balaban J connectivity index is 1.75. The molecule has 22 heavy (non-hydrogen) atoms. The van der Waals surface area contributed by atoms with E-state index in [9.17, 15) is 4.79 Å². The number of fused-ring (bicyclic) bond motifs is 1. The zero-order valence-corrected chi connectivity index (χ0v) is 12.2. The lowest BCUT2D eigenvalue weighted by Gasteiger charge is -2.12. The van der Waals surface area contributed by atoms with Gasteiger partial charge in [-0.05, 0) is 26.0 Å². The summed E-state index contributed by atoms with van der Waals surface area (Å²) in [7, 11) is 0. The Kier molecular flexibility index (Phi) is 3.65. The van der Waals surface area contributed by atoms with Crippen molar-refractivity contribution >= 4 is 23.3 Å². The zero-order valence-electron chi connectivity index (χ0n) is 12.2. The van der Waals surface area contributed by atoms with E-state index in [1.54, 1.807) is 22.8 Å². The van der Waals surface area contributed by atoms with E-state index < -0.39 is 0 Å². The molecule has 0 aromatic carbocycles. The topological polar surface area (TPSA) is 97.1 Å². The fourth-order valence-corrected chi connectivity index (χ4v) is 2.03. The molecular weight excluding hydrogens is 282 g/mol. The number of hydrogen-bond donors (Lipinski definition) is 2. The number of rotatable bonds is 4. The van der Waals surface area contributed by atoms with Crippen molar-refractivity contribution in [2.45, 2.75) is 13.8 Å². The van der Waals surface area contributed by atoms with Gasteiger partial charge in [0.15, 0.2) is 0 Å². The van der Waals surface area contributed by atoms with E-state index in [2.05, 4.69) is 30.7 Å². The van der Waals surface area contributed by atoms with Crippen LogP contribution in [0.5, 0.6) is 0 Å². The standard InChI is InChI=1S/C14H15N7O/c1-9-10(2)19-14-17-8-18-21(14)13(9)16-7-12(22)20-11-5-3-4-6-15-11/h3-6,8,16H,7H2,1-2H3,(H,15,20,22). The van der Waals surface area contributed by atoms with Gasteiger partial charge in [0.1, 0.15) is 18.0 Å². The first-order chi connectivity index (χ1) is 10.6. The minimum Gasteiger partial charge on any atom is -0.361 e. The van der Waals surface area contributed by atoms with Crippen molar-refractivity contribution in [2.75, 3.05) is 17.2 Å². The highest BCUT2D eigenvalue weighted by Crippen LogP contribution is 2.17. The van der Waals surface area contributed by atoms with E-state index in [1.165, 1.54) is 6.33 Å². The third kappa shape index (κ3) is 2.71. The quantitative estimate of drug-likeness (QED) is 0.750. The molecule has 0 aliphatic carbocycles. The van der Waals surface area contributed by atoms with Gasteiger partial charge in [0, 0.05) is 17.5 Å². The molecule has 3 aromatic heterocycles. The number of anilines is 2. The minimum absolute atomic E-state index is 0.0931. The molecule has 3 heterocycles. The highest BCUT2D eigenvalue weighted by atomic mass is 16.2. The second kappa shape index (κ2) is 5.76. The van der Waals surface area contributed by atoms with Gasteiger partial charge in [-0.3, -0.25) is 4.79 Å². The van der Waals surface area contributed by atoms with Crippen LogP contribution in [0.25, 0.3) is 5.78 Å². The molecule has 3 rings (SSSR count). The molecule has 1 amide bonds. The maximum absolute atomic E-state index is 12.0. The van der Waals surface area contributed by atoms with Crippen LogP contribution in [0.3, 0.4) is 0 Å². The first-order valence-electron chi connectivity index (χ1n) is 6.77. The summed E-state index contributed by atoms with van der Waals surface area (Å²) < 4.78 is 1.58. The van der Waals surface area contributed by atoms with Crippen molar-refractivity contribution in [1.82, 2.24) is 24.6 Å². The molecule has 0 radical (unpaired) electrons. The van der Waals surface area contributed by atoms with Crippen LogP contribution in [0.15, 0.2) is 30.7 Å². The Labute approximate surface area is 126 Å². The van der Waals surface area contributed by atoms with Gasteiger partial charge >= 0.3 is 0 Å². The summed E-state index contributed by atoms with van der Waals surface area (Å²) in [5.74, 6) is 1.52. The lowest BCUT2D eigenvalue weighted by molar-refractivity contribution is -0.114. The summed E-state index contributed by atoms with van der Waals surface area (Å²) in [4.78, 5) is 24.4. The normalized spacial score (nSPS) is 10.6. The fraction of sp³-hybridized carbons (Fsp3) is 0.214. The van der Waals surface area contributed by atoms with Crippen LogP contribution < -0.4 is 10.6 Å². The van der Waals surface area contributed by atoms with Crippen molar-refractivity contribution in [3.63, 3.8) is 0 Å². The number of hydrogen-bond acceptors (Lipinski definition) is 6. The summed E-state index contributed by atoms with van der Waals surface area (Å²) in [5, 5.41) is 9.92. The number of nitrogens with zero attached hydrogens (tertiary/aromatic N) is 5. The molecule has 0 saturated carbocycles. The van der Waals surface area contributed by atoms with E-state index in [1.807, 2.05) is 19.9 Å². The fourth-order valence-electron chi connectivity index (χ4n) is 2.03. The average molecular weight is 297 g/mol. The molecular formula is C14H15N7O. The largest absolute Gasteiger partial charge is 0.361 e. The van der Waals surface area contributed by atoms with Crippen LogP contribution in [0.1, 0.15) is 11.3 Å². The van der Waals surface area contributed by atoms with E-state index in [0.29, 0.717) is 17.4 Å².